The van der Waals surface area contributed by atoms with E-state index >= 15 is 0 Å². The molecule has 2 bridgehead atoms. The lowest BCUT2D eigenvalue weighted by Gasteiger charge is -2.27. The summed E-state index contributed by atoms with van der Waals surface area (Å²) in [6.07, 6.45) is 7.23. The van der Waals surface area contributed by atoms with Crippen LogP contribution in [-0.2, 0) is 11.3 Å². The molecule has 2 saturated carbocycles. The number of hydrogen-bond donors (Lipinski definition) is 1. The van der Waals surface area contributed by atoms with Crippen molar-refractivity contribution in [3.8, 4) is 0 Å². The molecule has 1 heterocycles. The molecule has 0 saturated heterocycles. The largest absolute Gasteiger partial charge is 0.382 e. The first-order valence-electron chi connectivity index (χ1n) is 7.14. The Kier molecular flexibility index (Phi) is 3.21. The normalized spacial score (nSPS) is 28.8. The van der Waals surface area contributed by atoms with Gasteiger partial charge in [0, 0.05) is 19.8 Å². The van der Waals surface area contributed by atoms with Crippen molar-refractivity contribution >= 4 is 11.7 Å². The SMILES string of the molecule is CN(CC1CC2CCC1C2)C(=O)Cn1ccc(N)n1. The maximum absolute atomic E-state index is 12.1. The Morgan fingerprint density at radius 2 is 2.37 bits per heavy atom. The van der Waals surface area contributed by atoms with Gasteiger partial charge < -0.3 is 10.6 Å². The summed E-state index contributed by atoms with van der Waals surface area (Å²) in [5, 5.41) is 4.05. The van der Waals surface area contributed by atoms with Crippen LogP contribution < -0.4 is 5.73 Å². The Hall–Kier alpha value is -1.52. The molecule has 3 rings (SSSR count). The maximum Gasteiger partial charge on any atom is 0.244 e. The minimum absolute atomic E-state index is 0.117. The Bertz CT molecular complexity index is 470. The van der Waals surface area contributed by atoms with Crippen molar-refractivity contribution < 1.29 is 4.79 Å². The molecule has 0 spiro atoms. The van der Waals surface area contributed by atoms with E-state index in [9.17, 15) is 4.79 Å². The first-order valence-corrected chi connectivity index (χ1v) is 7.14. The van der Waals surface area contributed by atoms with E-state index in [-0.39, 0.29) is 12.5 Å². The maximum atomic E-state index is 12.1. The molecule has 5 nitrogen and oxygen atoms in total. The number of nitrogens with two attached hydrogens (primary N) is 1. The lowest BCUT2D eigenvalue weighted by atomic mass is 9.88. The number of carbonyl (C=O) groups is 1. The molecule has 3 unspecified atom stereocenters. The monoisotopic (exact) mass is 262 g/mol. The van der Waals surface area contributed by atoms with Crippen molar-refractivity contribution in [2.45, 2.75) is 32.2 Å². The molecule has 0 aromatic carbocycles. The van der Waals surface area contributed by atoms with Gasteiger partial charge in [-0.05, 0) is 43.1 Å². The fourth-order valence-corrected chi connectivity index (χ4v) is 3.78. The minimum Gasteiger partial charge on any atom is -0.382 e. The fraction of sp³-hybridized carbons (Fsp3) is 0.714. The summed E-state index contributed by atoms with van der Waals surface area (Å²) in [5.41, 5.74) is 5.55. The topological polar surface area (TPSA) is 64.2 Å². The van der Waals surface area contributed by atoms with Crippen LogP contribution in [0.2, 0.25) is 0 Å². The molecule has 1 amide bonds. The molecule has 1 aromatic heterocycles. The van der Waals surface area contributed by atoms with Gasteiger partial charge in [0.25, 0.3) is 0 Å². The van der Waals surface area contributed by atoms with Crippen LogP contribution >= 0.6 is 0 Å². The van der Waals surface area contributed by atoms with Crippen molar-refractivity contribution in [1.82, 2.24) is 14.7 Å². The van der Waals surface area contributed by atoms with Crippen LogP contribution in [-0.4, -0.2) is 34.2 Å². The number of aromatic nitrogens is 2. The van der Waals surface area contributed by atoms with Crippen LogP contribution in [0, 0.1) is 17.8 Å². The number of anilines is 1. The number of nitrogens with zero attached hydrogens (tertiary/aromatic N) is 3. The predicted molar refractivity (Wildman–Crippen MR) is 73.2 cm³/mol. The second-order valence-electron chi connectivity index (χ2n) is 6.15. The van der Waals surface area contributed by atoms with Crippen LogP contribution in [0.25, 0.3) is 0 Å². The molecular weight excluding hydrogens is 240 g/mol. The zero-order valence-corrected chi connectivity index (χ0v) is 11.5. The first-order chi connectivity index (χ1) is 9.11. The van der Waals surface area contributed by atoms with Crippen LogP contribution in [0.15, 0.2) is 12.3 Å². The third kappa shape index (κ3) is 2.60. The average molecular weight is 262 g/mol. The van der Waals surface area contributed by atoms with Crippen molar-refractivity contribution in [3.63, 3.8) is 0 Å². The van der Waals surface area contributed by atoms with Gasteiger partial charge in [0.15, 0.2) is 0 Å². The summed E-state index contributed by atoms with van der Waals surface area (Å²) in [7, 11) is 1.90. The molecule has 3 atom stereocenters. The van der Waals surface area contributed by atoms with Gasteiger partial charge in [-0.25, -0.2) is 0 Å². The van der Waals surface area contributed by atoms with Gasteiger partial charge in [-0.3, -0.25) is 9.48 Å². The zero-order valence-electron chi connectivity index (χ0n) is 11.5. The Balaban J connectivity index is 1.52. The third-order valence-electron chi connectivity index (χ3n) is 4.78. The molecule has 2 aliphatic carbocycles. The van der Waals surface area contributed by atoms with E-state index in [1.165, 1.54) is 25.7 Å². The number of nitrogen functional groups attached to an aromatic ring is 1. The number of hydrogen-bond acceptors (Lipinski definition) is 3. The summed E-state index contributed by atoms with van der Waals surface area (Å²) in [4.78, 5) is 14.0. The molecule has 2 N–H and O–H groups in total. The second kappa shape index (κ2) is 4.87. The van der Waals surface area contributed by atoms with E-state index in [0.29, 0.717) is 5.82 Å². The number of fused-ring (bicyclic) bond motifs is 2. The minimum atomic E-state index is 0.117. The summed E-state index contributed by atoms with van der Waals surface area (Å²) in [6, 6.07) is 1.71. The zero-order chi connectivity index (χ0) is 13.4. The smallest absolute Gasteiger partial charge is 0.244 e. The molecule has 1 aromatic rings. The van der Waals surface area contributed by atoms with Gasteiger partial charge in [0.1, 0.15) is 12.4 Å². The molecule has 104 valence electrons. The van der Waals surface area contributed by atoms with Crippen LogP contribution in [0.1, 0.15) is 25.7 Å². The highest BCUT2D eigenvalue weighted by Gasteiger charge is 2.40. The molecule has 2 fully saturated rings. The highest BCUT2D eigenvalue weighted by molar-refractivity contribution is 5.75. The summed E-state index contributed by atoms with van der Waals surface area (Å²) < 4.78 is 1.61. The van der Waals surface area contributed by atoms with E-state index < -0.39 is 0 Å². The van der Waals surface area contributed by atoms with Gasteiger partial charge in [0.2, 0.25) is 5.91 Å². The molecule has 5 heteroatoms. The van der Waals surface area contributed by atoms with E-state index in [2.05, 4.69) is 5.10 Å². The van der Waals surface area contributed by atoms with Crippen LogP contribution in [0.4, 0.5) is 5.82 Å². The van der Waals surface area contributed by atoms with Gasteiger partial charge in [0.05, 0.1) is 0 Å². The Labute approximate surface area is 113 Å². The lowest BCUT2D eigenvalue weighted by molar-refractivity contribution is -0.131. The summed E-state index contributed by atoms with van der Waals surface area (Å²) >= 11 is 0. The molecule has 19 heavy (non-hydrogen) atoms. The van der Waals surface area contributed by atoms with Gasteiger partial charge in [-0.2, -0.15) is 5.10 Å². The van der Waals surface area contributed by atoms with Gasteiger partial charge >= 0.3 is 0 Å². The Morgan fingerprint density at radius 1 is 1.53 bits per heavy atom. The standard InChI is InChI=1S/C14H22N4O/c1-17(8-12-7-10-2-3-11(12)6-10)14(19)9-18-5-4-13(15)16-18/h4-5,10-12H,2-3,6-9H2,1H3,(H2,15,16). The van der Waals surface area contributed by atoms with E-state index in [4.69, 9.17) is 5.73 Å². The summed E-state index contributed by atoms with van der Waals surface area (Å²) in [6.45, 7) is 1.19. The number of rotatable bonds is 4. The van der Waals surface area contributed by atoms with Crippen LogP contribution in [0.3, 0.4) is 0 Å². The molecule has 0 aliphatic heterocycles. The van der Waals surface area contributed by atoms with Crippen molar-refractivity contribution in [3.05, 3.63) is 12.3 Å². The third-order valence-corrected chi connectivity index (χ3v) is 4.78. The first kappa shape index (κ1) is 12.5. The number of carbonyl (C=O) groups excluding carboxylic acids is 1. The average Bonchev–Trinajstić information content (AvgIpc) is 3.06. The van der Waals surface area contributed by atoms with E-state index in [1.807, 2.05) is 11.9 Å². The molecule has 0 radical (unpaired) electrons. The summed E-state index contributed by atoms with van der Waals surface area (Å²) in [5.74, 6) is 3.09. The van der Waals surface area contributed by atoms with E-state index in [1.54, 1.807) is 16.9 Å². The van der Waals surface area contributed by atoms with E-state index in [0.717, 1.165) is 24.3 Å². The second-order valence-corrected chi connectivity index (χ2v) is 6.15. The lowest BCUT2D eigenvalue weighted by Crippen LogP contribution is -2.36. The Morgan fingerprint density at radius 3 is 2.95 bits per heavy atom. The number of amides is 1. The molecular formula is C14H22N4O. The van der Waals surface area contributed by atoms with Crippen molar-refractivity contribution in [2.24, 2.45) is 17.8 Å². The van der Waals surface area contributed by atoms with Crippen molar-refractivity contribution in [1.29, 1.82) is 0 Å². The van der Waals surface area contributed by atoms with Gasteiger partial charge in [-0.15, -0.1) is 0 Å². The van der Waals surface area contributed by atoms with Crippen molar-refractivity contribution in [2.75, 3.05) is 19.3 Å². The quantitative estimate of drug-likeness (QED) is 0.891. The molecule has 2 aliphatic rings. The number of likely N-dealkylation sites (N-methyl/N-ethyl adjacent to an activating group) is 1. The highest BCUT2D eigenvalue weighted by atomic mass is 16.2. The predicted octanol–water partition coefficient (Wildman–Crippen LogP) is 1.36. The van der Waals surface area contributed by atoms with Crippen LogP contribution in [0.5, 0.6) is 0 Å². The fourth-order valence-electron chi connectivity index (χ4n) is 3.78. The van der Waals surface area contributed by atoms with Gasteiger partial charge in [-0.1, -0.05) is 6.42 Å². The highest BCUT2D eigenvalue weighted by Crippen LogP contribution is 2.48.